The molecular formula is C5H4BrO2V-. The topological polar surface area (TPSA) is 34.1 Å². The molecule has 0 N–H and O–H groups in total. The van der Waals surface area contributed by atoms with Gasteiger partial charge in [-0.3, -0.25) is 0 Å². The van der Waals surface area contributed by atoms with Gasteiger partial charge in [0.2, 0.25) is 0 Å². The van der Waals surface area contributed by atoms with Gasteiger partial charge in [0, 0.05) is 24.3 Å². The minimum atomic E-state index is -0.197. The maximum atomic E-state index is 10.2. The van der Waals surface area contributed by atoms with Crippen LogP contribution in [-0.2, 0) is 28.1 Å². The van der Waals surface area contributed by atoms with Crippen LogP contribution in [0.2, 0.25) is 0 Å². The van der Waals surface area contributed by atoms with Gasteiger partial charge in [0.1, 0.15) is 0 Å². The van der Waals surface area contributed by atoms with E-state index < -0.39 is 0 Å². The average Bonchev–Trinajstić information content (AvgIpc) is 1.67. The molecule has 2 nitrogen and oxygen atoms in total. The number of halogens is 1. The molecule has 0 aliphatic heterocycles. The molecule has 0 aliphatic carbocycles. The molecule has 0 saturated carbocycles. The standard InChI is InChI=1S/C5H4BrO2.V/c1-4(8)5(6)2-3-7;/h3H,1H3;/q-1;. The molecule has 0 aromatic rings. The van der Waals surface area contributed by atoms with Crippen molar-refractivity contribution in [2.45, 2.75) is 6.92 Å². The second-order valence-electron chi connectivity index (χ2n) is 1.13. The van der Waals surface area contributed by atoms with Crippen molar-refractivity contribution in [3.05, 3.63) is 10.6 Å². The number of allylic oxidation sites excluding steroid dienone is 2. The molecule has 0 saturated heterocycles. The minimum absolute atomic E-state index is 0. The van der Waals surface area contributed by atoms with Gasteiger partial charge in [0.15, 0.2) is 0 Å². The van der Waals surface area contributed by atoms with E-state index in [1.54, 1.807) is 0 Å². The van der Waals surface area contributed by atoms with E-state index in [1.165, 1.54) is 6.92 Å². The molecule has 0 atom stereocenters. The third kappa shape index (κ3) is 6.02. The summed E-state index contributed by atoms with van der Waals surface area (Å²) in [7, 11) is 0. The first-order valence-electron chi connectivity index (χ1n) is 1.92. The van der Waals surface area contributed by atoms with Crippen molar-refractivity contribution in [3.63, 3.8) is 0 Å². The fourth-order valence-electron chi connectivity index (χ4n) is 0.153. The van der Waals surface area contributed by atoms with E-state index in [1.807, 2.05) is 0 Å². The SMILES string of the molecule is CC(=O)C(Br)=[C-]C=O.[V]. The number of hydrogen-bond donors (Lipinski definition) is 0. The number of hydrogen-bond acceptors (Lipinski definition) is 2. The quantitative estimate of drug-likeness (QED) is 0.398. The Hall–Kier alpha value is 0.144. The van der Waals surface area contributed by atoms with Crippen molar-refractivity contribution in [3.8, 4) is 0 Å². The van der Waals surface area contributed by atoms with E-state index in [2.05, 4.69) is 22.0 Å². The molecule has 1 radical (unpaired) electrons. The van der Waals surface area contributed by atoms with Crippen LogP contribution in [0.5, 0.6) is 0 Å². The summed E-state index contributed by atoms with van der Waals surface area (Å²) in [4.78, 5) is 19.8. The summed E-state index contributed by atoms with van der Waals surface area (Å²) >= 11 is 2.83. The fraction of sp³-hybridized carbons (Fsp3) is 0.200. The zero-order valence-electron chi connectivity index (χ0n) is 4.72. The van der Waals surface area contributed by atoms with Gasteiger partial charge in [-0.2, -0.15) is 6.08 Å². The maximum Gasteiger partial charge on any atom is 0.0543 e. The zero-order chi connectivity index (χ0) is 6.57. The number of rotatable bonds is 2. The first-order valence-corrected chi connectivity index (χ1v) is 2.71. The summed E-state index contributed by atoms with van der Waals surface area (Å²) in [5.74, 6) is -0.197. The molecule has 0 spiro atoms. The van der Waals surface area contributed by atoms with Crippen LogP contribution in [0.4, 0.5) is 0 Å². The van der Waals surface area contributed by atoms with Gasteiger partial charge in [-0.1, -0.05) is 22.9 Å². The second kappa shape index (κ2) is 6.27. The van der Waals surface area contributed by atoms with E-state index in [-0.39, 0.29) is 28.8 Å². The van der Waals surface area contributed by atoms with Crippen LogP contribution in [0.1, 0.15) is 6.92 Å². The third-order valence-electron chi connectivity index (χ3n) is 0.495. The summed E-state index contributed by atoms with van der Waals surface area (Å²) in [5, 5.41) is 0. The van der Waals surface area contributed by atoms with Crippen molar-refractivity contribution in [1.82, 2.24) is 0 Å². The Morgan fingerprint density at radius 1 is 1.67 bits per heavy atom. The van der Waals surface area contributed by atoms with Crippen molar-refractivity contribution in [2.24, 2.45) is 0 Å². The fourth-order valence-corrected chi connectivity index (χ4v) is 0.247. The second-order valence-corrected chi connectivity index (χ2v) is 1.93. The van der Waals surface area contributed by atoms with Gasteiger partial charge in [-0.25, -0.2) is 0 Å². The van der Waals surface area contributed by atoms with Gasteiger partial charge < -0.3 is 9.59 Å². The average molecular weight is 227 g/mol. The van der Waals surface area contributed by atoms with E-state index in [4.69, 9.17) is 0 Å². The first-order chi connectivity index (χ1) is 3.68. The van der Waals surface area contributed by atoms with Gasteiger partial charge >= 0.3 is 0 Å². The van der Waals surface area contributed by atoms with E-state index in [0.717, 1.165) is 0 Å². The maximum absolute atomic E-state index is 10.2. The van der Waals surface area contributed by atoms with Crippen LogP contribution >= 0.6 is 15.9 Å². The summed E-state index contributed by atoms with van der Waals surface area (Å²) in [6.07, 6.45) is 2.58. The van der Waals surface area contributed by atoms with Crippen LogP contribution in [0.25, 0.3) is 0 Å². The van der Waals surface area contributed by atoms with Crippen molar-refractivity contribution < 1.29 is 28.1 Å². The molecule has 4 heteroatoms. The van der Waals surface area contributed by atoms with Crippen LogP contribution in [-0.4, -0.2) is 12.1 Å². The number of Topliss-reactive ketones (excluding diaryl/α,β-unsaturated/α-hetero) is 1. The summed E-state index contributed by atoms with van der Waals surface area (Å²) < 4.78 is 0.188. The number of aldehydes is 1. The summed E-state index contributed by atoms with van der Waals surface area (Å²) in [6.45, 7) is 1.35. The van der Waals surface area contributed by atoms with E-state index in [0.29, 0.717) is 6.29 Å². The summed E-state index contributed by atoms with van der Waals surface area (Å²) in [5.41, 5.74) is 0. The predicted molar refractivity (Wildman–Crippen MR) is 32.4 cm³/mol. The molecule has 0 amide bonds. The van der Waals surface area contributed by atoms with Gasteiger partial charge in [-0.05, 0) is 0 Å². The minimum Gasteiger partial charge on any atom is -0.406 e. The van der Waals surface area contributed by atoms with Crippen molar-refractivity contribution >= 4 is 28.0 Å². The van der Waals surface area contributed by atoms with Crippen molar-refractivity contribution in [2.75, 3.05) is 0 Å². The van der Waals surface area contributed by atoms with Crippen molar-refractivity contribution in [1.29, 1.82) is 0 Å². The van der Waals surface area contributed by atoms with E-state index in [9.17, 15) is 9.59 Å². The molecule has 0 bridgehead atoms. The Labute approximate surface area is 73.7 Å². The number of ketones is 1. The Balaban J connectivity index is 0. The van der Waals surface area contributed by atoms with E-state index >= 15 is 0 Å². The molecule has 0 aromatic carbocycles. The number of carbonyl (C=O) groups is 2. The third-order valence-corrected chi connectivity index (χ3v) is 1.28. The van der Waals surface area contributed by atoms with Gasteiger partial charge in [0.05, 0.1) is 6.29 Å². The largest absolute Gasteiger partial charge is 0.406 e. The Morgan fingerprint density at radius 3 is 2.22 bits per heavy atom. The van der Waals surface area contributed by atoms with Gasteiger partial charge in [-0.15, -0.1) is 4.48 Å². The molecule has 9 heavy (non-hydrogen) atoms. The first kappa shape index (κ1) is 11.9. The Bertz CT molecular complexity index is 142. The molecule has 0 rings (SSSR count). The van der Waals surface area contributed by atoms with Crippen LogP contribution in [0, 0.1) is 6.08 Å². The monoisotopic (exact) mass is 226 g/mol. The molecule has 0 aromatic heterocycles. The molecule has 0 unspecified atom stereocenters. The normalized spacial score (nSPS) is 9.78. The molecular weight excluding hydrogens is 223 g/mol. The predicted octanol–water partition coefficient (Wildman–Crippen LogP) is 0.854. The zero-order valence-corrected chi connectivity index (χ0v) is 7.70. The molecule has 0 aliphatic rings. The number of carbonyl (C=O) groups excluding carboxylic acids is 2. The smallest absolute Gasteiger partial charge is 0.0543 e. The Kier molecular flexibility index (Phi) is 8.28. The van der Waals surface area contributed by atoms with Crippen LogP contribution < -0.4 is 0 Å². The molecule has 0 heterocycles. The molecule has 0 fully saturated rings. The van der Waals surface area contributed by atoms with Gasteiger partial charge in [0.25, 0.3) is 0 Å². The Morgan fingerprint density at radius 2 is 2.11 bits per heavy atom. The van der Waals surface area contributed by atoms with Crippen LogP contribution in [0.15, 0.2) is 4.48 Å². The summed E-state index contributed by atoms with van der Waals surface area (Å²) in [6, 6.07) is 0. The molecule has 49 valence electrons. The van der Waals surface area contributed by atoms with Crippen LogP contribution in [0.3, 0.4) is 0 Å².